The van der Waals surface area contributed by atoms with Crippen molar-refractivity contribution in [1.82, 2.24) is 9.80 Å². The Bertz CT molecular complexity index is 852. The molecule has 5 fully saturated rings. The van der Waals surface area contributed by atoms with Gasteiger partial charge in [0.1, 0.15) is 5.75 Å². The summed E-state index contributed by atoms with van der Waals surface area (Å²) in [7, 11) is 0. The van der Waals surface area contributed by atoms with Crippen molar-refractivity contribution in [2.24, 2.45) is 23.2 Å². The number of nitrogens with zero attached hydrogens (tertiary/aromatic N) is 2. The highest BCUT2D eigenvalue weighted by molar-refractivity contribution is 5.95. The summed E-state index contributed by atoms with van der Waals surface area (Å²) in [5.74, 6) is 2.75. The van der Waals surface area contributed by atoms with Crippen LogP contribution in [-0.4, -0.2) is 53.8 Å². The van der Waals surface area contributed by atoms with E-state index in [2.05, 4.69) is 0 Å². The quantitative estimate of drug-likeness (QED) is 0.548. The van der Waals surface area contributed by atoms with E-state index in [-0.39, 0.29) is 17.2 Å². The molecule has 0 aromatic heterocycles. The van der Waals surface area contributed by atoms with Crippen molar-refractivity contribution in [2.45, 2.75) is 51.9 Å². The van der Waals surface area contributed by atoms with Crippen LogP contribution in [0.25, 0.3) is 0 Å². The topological polar surface area (TPSA) is 66.9 Å². The molecule has 0 spiro atoms. The van der Waals surface area contributed by atoms with E-state index in [0.29, 0.717) is 43.9 Å². The van der Waals surface area contributed by atoms with Crippen LogP contribution >= 0.6 is 0 Å². The van der Waals surface area contributed by atoms with Crippen molar-refractivity contribution in [3.63, 3.8) is 0 Å². The maximum atomic E-state index is 13.2. The summed E-state index contributed by atoms with van der Waals surface area (Å²) in [6.07, 6.45) is 8.65. The molecule has 0 N–H and O–H groups in total. The number of benzene rings is 1. The summed E-state index contributed by atoms with van der Waals surface area (Å²) in [6, 6.07) is 6.73. The zero-order valence-corrected chi connectivity index (χ0v) is 18.3. The van der Waals surface area contributed by atoms with Gasteiger partial charge in [-0.1, -0.05) is 6.07 Å². The first kappa shape index (κ1) is 20.5. The number of rotatable bonds is 4. The van der Waals surface area contributed by atoms with Gasteiger partial charge in [0.2, 0.25) is 5.91 Å². The number of amides is 2. The molecule has 1 heterocycles. The number of esters is 1. The van der Waals surface area contributed by atoms with Crippen LogP contribution in [0.4, 0.5) is 0 Å². The summed E-state index contributed by atoms with van der Waals surface area (Å²) < 4.78 is 5.09. The minimum atomic E-state index is -0.407. The largest absolute Gasteiger partial charge is 0.427 e. The molecule has 5 aliphatic rings. The summed E-state index contributed by atoms with van der Waals surface area (Å²) in [5, 5.41) is 0. The second-order valence-electron chi connectivity index (χ2n) is 10.4. The zero-order valence-electron chi connectivity index (χ0n) is 18.3. The van der Waals surface area contributed by atoms with Crippen LogP contribution in [0.5, 0.6) is 5.75 Å². The fraction of sp³-hybridized carbons (Fsp3) is 0.640. The monoisotopic (exact) mass is 424 g/mol. The van der Waals surface area contributed by atoms with Gasteiger partial charge in [-0.05, 0) is 79.9 Å². The van der Waals surface area contributed by atoms with Gasteiger partial charge in [0.15, 0.2) is 0 Å². The lowest BCUT2D eigenvalue weighted by molar-refractivity contribution is -0.141. The molecule has 6 nitrogen and oxygen atoms in total. The van der Waals surface area contributed by atoms with Crippen molar-refractivity contribution in [3.8, 4) is 5.75 Å². The highest BCUT2D eigenvalue weighted by Gasteiger charge is 2.51. The van der Waals surface area contributed by atoms with Crippen LogP contribution in [-0.2, 0) is 9.59 Å². The number of piperazine rings is 1. The number of ether oxygens (including phenoxy) is 1. The fourth-order valence-electron chi connectivity index (χ4n) is 7.14. The van der Waals surface area contributed by atoms with Crippen LogP contribution < -0.4 is 4.74 Å². The van der Waals surface area contributed by atoms with Crippen LogP contribution in [0.15, 0.2) is 24.3 Å². The standard InChI is InChI=1S/C25H32N2O4/c1-17(28)31-22-4-2-3-21(12-22)24(30)27-7-5-26(6-8-27)23(29)16-25-13-18-9-19(14-25)11-20(10-18)15-25/h2-4,12,18-20H,5-11,13-16H2,1H3. The molecule has 1 aromatic rings. The smallest absolute Gasteiger partial charge is 0.308 e. The number of carbonyl (C=O) groups is 3. The van der Waals surface area contributed by atoms with Gasteiger partial charge in [-0.3, -0.25) is 14.4 Å². The molecule has 1 saturated heterocycles. The molecule has 4 bridgehead atoms. The highest BCUT2D eigenvalue weighted by atomic mass is 16.5. The van der Waals surface area contributed by atoms with Crippen molar-refractivity contribution in [1.29, 1.82) is 0 Å². The zero-order chi connectivity index (χ0) is 21.6. The molecule has 0 radical (unpaired) electrons. The van der Waals surface area contributed by atoms with E-state index in [1.165, 1.54) is 45.4 Å². The van der Waals surface area contributed by atoms with E-state index >= 15 is 0 Å². The molecular formula is C25H32N2O4. The average molecular weight is 425 g/mol. The molecule has 0 atom stereocenters. The van der Waals surface area contributed by atoms with E-state index in [1.807, 2.05) is 4.90 Å². The van der Waals surface area contributed by atoms with Gasteiger partial charge < -0.3 is 14.5 Å². The predicted molar refractivity (Wildman–Crippen MR) is 115 cm³/mol. The van der Waals surface area contributed by atoms with E-state index < -0.39 is 5.97 Å². The molecule has 6 rings (SSSR count). The van der Waals surface area contributed by atoms with Gasteiger partial charge in [-0.25, -0.2) is 0 Å². The number of hydrogen-bond acceptors (Lipinski definition) is 4. The number of hydrogen-bond donors (Lipinski definition) is 0. The summed E-state index contributed by atoms with van der Waals surface area (Å²) >= 11 is 0. The van der Waals surface area contributed by atoms with Crippen LogP contribution in [0.2, 0.25) is 0 Å². The van der Waals surface area contributed by atoms with Gasteiger partial charge in [-0.2, -0.15) is 0 Å². The Hall–Kier alpha value is -2.37. The first-order chi connectivity index (χ1) is 14.9. The molecule has 1 aromatic carbocycles. The maximum Gasteiger partial charge on any atom is 0.308 e. The third-order valence-corrected chi connectivity index (χ3v) is 7.95. The van der Waals surface area contributed by atoms with Crippen molar-refractivity contribution >= 4 is 17.8 Å². The predicted octanol–water partition coefficient (Wildman–Crippen LogP) is 3.50. The molecule has 0 unspecified atom stereocenters. The SMILES string of the molecule is CC(=O)Oc1cccc(C(=O)N2CCN(C(=O)CC34CC5CC(CC(C5)C3)C4)CC2)c1. The van der Waals surface area contributed by atoms with Crippen LogP contribution in [0.1, 0.15) is 62.2 Å². The summed E-state index contributed by atoms with van der Waals surface area (Å²) in [4.78, 5) is 41.0. The van der Waals surface area contributed by atoms with Gasteiger partial charge >= 0.3 is 5.97 Å². The Morgan fingerprint density at radius 1 is 0.935 bits per heavy atom. The Kier molecular flexibility index (Phi) is 5.27. The Morgan fingerprint density at radius 3 is 2.10 bits per heavy atom. The summed E-state index contributed by atoms with van der Waals surface area (Å²) in [6.45, 7) is 3.63. The number of carbonyl (C=O) groups excluding carboxylic acids is 3. The molecule has 6 heteroatoms. The van der Waals surface area contributed by atoms with Crippen LogP contribution in [0, 0.1) is 23.2 Å². The molecule has 4 saturated carbocycles. The highest BCUT2D eigenvalue weighted by Crippen LogP contribution is 2.61. The Labute approximate surface area is 183 Å². The molecule has 4 aliphatic carbocycles. The van der Waals surface area contributed by atoms with Crippen molar-refractivity contribution < 1.29 is 19.1 Å². The normalized spacial score (nSPS) is 31.6. The second-order valence-corrected chi connectivity index (χ2v) is 10.4. The van der Waals surface area contributed by atoms with E-state index in [9.17, 15) is 14.4 Å². The molecule has 166 valence electrons. The second kappa shape index (κ2) is 7.95. The van der Waals surface area contributed by atoms with Gasteiger partial charge in [0.05, 0.1) is 0 Å². The summed E-state index contributed by atoms with van der Waals surface area (Å²) in [5.41, 5.74) is 0.766. The van der Waals surface area contributed by atoms with E-state index in [0.717, 1.165) is 17.8 Å². The van der Waals surface area contributed by atoms with Crippen molar-refractivity contribution in [3.05, 3.63) is 29.8 Å². The van der Waals surface area contributed by atoms with Gasteiger partial charge in [0, 0.05) is 45.1 Å². The Morgan fingerprint density at radius 2 is 1.52 bits per heavy atom. The van der Waals surface area contributed by atoms with Gasteiger partial charge in [-0.15, -0.1) is 0 Å². The maximum absolute atomic E-state index is 13.2. The van der Waals surface area contributed by atoms with Gasteiger partial charge in [0.25, 0.3) is 5.91 Å². The third-order valence-electron chi connectivity index (χ3n) is 7.95. The lowest BCUT2D eigenvalue weighted by atomic mass is 9.49. The molecule has 1 aliphatic heterocycles. The van der Waals surface area contributed by atoms with Crippen LogP contribution in [0.3, 0.4) is 0 Å². The first-order valence-electron chi connectivity index (χ1n) is 11.7. The molecular weight excluding hydrogens is 392 g/mol. The van der Waals surface area contributed by atoms with Crippen molar-refractivity contribution in [2.75, 3.05) is 26.2 Å². The first-order valence-corrected chi connectivity index (χ1v) is 11.7. The lowest BCUT2D eigenvalue weighted by Crippen LogP contribution is -2.53. The van der Waals surface area contributed by atoms with E-state index in [1.54, 1.807) is 29.2 Å². The lowest BCUT2D eigenvalue weighted by Gasteiger charge is -2.57. The molecule has 2 amide bonds. The average Bonchev–Trinajstić information content (AvgIpc) is 2.72. The Balaban J connectivity index is 1.17. The third kappa shape index (κ3) is 4.21. The van der Waals surface area contributed by atoms with E-state index in [4.69, 9.17) is 4.74 Å². The minimum absolute atomic E-state index is 0.0813. The minimum Gasteiger partial charge on any atom is -0.427 e. The fourth-order valence-corrected chi connectivity index (χ4v) is 7.14. The molecule has 31 heavy (non-hydrogen) atoms.